The van der Waals surface area contributed by atoms with Gasteiger partial charge in [-0.3, -0.25) is 4.79 Å². The molecule has 1 aromatic heterocycles. The van der Waals surface area contributed by atoms with Crippen molar-refractivity contribution in [3.8, 4) is 5.75 Å². The van der Waals surface area contributed by atoms with Crippen molar-refractivity contribution in [2.45, 2.75) is 0 Å². The molecule has 1 heterocycles. The van der Waals surface area contributed by atoms with Gasteiger partial charge in [-0.25, -0.2) is 4.79 Å². The highest BCUT2D eigenvalue weighted by Gasteiger charge is 2.16. The lowest BCUT2D eigenvalue weighted by Crippen LogP contribution is -1.95. The fourth-order valence-corrected chi connectivity index (χ4v) is 2.80. The first kappa shape index (κ1) is 13.3. The van der Waals surface area contributed by atoms with Crippen LogP contribution in [-0.2, 0) is 0 Å². The molecule has 0 atom stereocenters. The van der Waals surface area contributed by atoms with Gasteiger partial charge in [-0.05, 0) is 23.8 Å². The molecule has 0 radical (unpaired) electrons. The summed E-state index contributed by atoms with van der Waals surface area (Å²) >= 11 is 0.806. The third-order valence-electron chi connectivity index (χ3n) is 2.95. The van der Waals surface area contributed by atoms with E-state index in [4.69, 9.17) is 4.42 Å². The molecule has 0 fully saturated rings. The standard InChI is InChI=1S/C16H10O4S/c17-11(7-6-10-4-2-1-3-5-10)14-12(18)8-9-13-15(14)21-16(19)20-13/h1-9,18H/b7-6+. The highest BCUT2D eigenvalue weighted by atomic mass is 32.1. The number of carbonyl (C=O) groups excluding carboxylic acids is 1. The predicted molar refractivity (Wildman–Crippen MR) is 81.8 cm³/mol. The lowest BCUT2D eigenvalue weighted by Gasteiger charge is -2.00. The van der Waals surface area contributed by atoms with Crippen molar-refractivity contribution < 1.29 is 14.3 Å². The van der Waals surface area contributed by atoms with Crippen LogP contribution in [0.15, 0.2) is 57.8 Å². The molecule has 4 nitrogen and oxygen atoms in total. The second-order valence-corrected chi connectivity index (χ2v) is 5.30. The number of ketones is 1. The Bertz CT molecular complexity index is 888. The molecular formula is C16H10O4S. The molecule has 0 saturated heterocycles. The van der Waals surface area contributed by atoms with Crippen LogP contribution in [0, 0.1) is 0 Å². The Balaban J connectivity index is 2.04. The van der Waals surface area contributed by atoms with E-state index in [1.54, 1.807) is 6.08 Å². The van der Waals surface area contributed by atoms with Crippen molar-refractivity contribution in [3.05, 3.63) is 69.4 Å². The number of hydrogen-bond donors (Lipinski definition) is 1. The van der Waals surface area contributed by atoms with Gasteiger partial charge in [-0.15, -0.1) is 0 Å². The Kier molecular flexibility index (Phi) is 3.41. The Hall–Kier alpha value is -2.66. The van der Waals surface area contributed by atoms with Crippen LogP contribution in [0.5, 0.6) is 5.75 Å². The van der Waals surface area contributed by atoms with Crippen molar-refractivity contribution in [1.29, 1.82) is 0 Å². The van der Waals surface area contributed by atoms with E-state index in [0.717, 1.165) is 16.9 Å². The van der Waals surface area contributed by atoms with Gasteiger partial charge in [-0.2, -0.15) is 0 Å². The van der Waals surface area contributed by atoms with E-state index in [1.807, 2.05) is 30.3 Å². The summed E-state index contributed by atoms with van der Waals surface area (Å²) in [5.41, 5.74) is 1.27. The van der Waals surface area contributed by atoms with E-state index in [2.05, 4.69) is 0 Å². The molecule has 0 aliphatic carbocycles. The van der Waals surface area contributed by atoms with Gasteiger partial charge in [-0.1, -0.05) is 47.7 Å². The van der Waals surface area contributed by atoms with Gasteiger partial charge in [0.05, 0.1) is 10.3 Å². The molecule has 21 heavy (non-hydrogen) atoms. The number of phenolic OH excluding ortho intramolecular Hbond substituents is 1. The van der Waals surface area contributed by atoms with Gasteiger partial charge in [0, 0.05) is 0 Å². The minimum Gasteiger partial charge on any atom is -0.507 e. The topological polar surface area (TPSA) is 67.5 Å². The summed E-state index contributed by atoms with van der Waals surface area (Å²) in [6.07, 6.45) is 3.03. The van der Waals surface area contributed by atoms with E-state index in [1.165, 1.54) is 18.2 Å². The zero-order valence-corrected chi connectivity index (χ0v) is 11.6. The first-order valence-electron chi connectivity index (χ1n) is 6.18. The third kappa shape index (κ3) is 2.64. The SMILES string of the molecule is O=C(/C=C/c1ccccc1)c1c(O)ccc2oc(=O)sc12. The summed E-state index contributed by atoms with van der Waals surface area (Å²) in [5, 5.41) is 9.89. The summed E-state index contributed by atoms with van der Waals surface area (Å²) in [4.78, 5) is 23.1. The molecule has 0 unspecified atom stereocenters. The Labute approximate surface area is 123 Å². The first-order valence-corrected chi connectivity index (χ1v) is 7.00. The second kappa shape index (κ2) is 5.38. The molecule has 5 heteroatoms. The van der Waals surface area contributed by atoms with E-state index < -0.39 is 4.94 Å². The van der Waals surface area contributed by atoms with Gasteiger partial charge in [0.1, 0.15) is 5.75 Å². The summed E-state index contributed by atoms with van der Waals surface area (Å²) < 4.78 is 5.32. The molecule has 0 bridgehead atoms. The van der Waals surface area contributed by atoms with Gasteiger partial charge < -0.3 is 9.52 Å². The van der Waals surface area contributed by atoms with Crippen LogP contribution in [0.25, 0.3) is 16.4 Å². The van der Waals surface area contributed by atoms with Crippen molar-refractivity contribution >= 4 is 33.5 Å². The Morgan fingerprint density at radius 3 is 2.67 bits per heavy atom. The first-order chi connectivity index (χ1) is 10.1. The number of benzene rings is 2. The van der Waals surface area contributed by atoms with Gasteiger partial charge in [0.2, 0.25) is 0 Å². The molecule has 2 aromatic carbocycles. The molecule has 0 aliphatic rings. The fraction of sp³-hybridized carbons (Fsp3) is 0. The van der Waals surface area contributed by atoms with Crippen molar-refractivity contribution in [2.24, 2.45) is 0 Å². The maximum Gasteiger partial charge on any atom is 0.396 e. The summed E-state index contributed by atoms with van der Waals surface area (Å²) in [6.45, 7) is 0. The number of allylic oxidation sites excluding steroid dienone is 1. The second-order valence-electron chi connectivity index (χ2n) is 4.35. The molecule has 0 amide bonds. The Morgan fingerprint density at radius 2 is 1.90 bits per heavy atom. The molecule has 0 aliphatic heterocycles. The quantitative estimate of drug-likeness (QED) is 0.594. The van der Waals surface area contributed by atoms with E-state index in [-0.39, 0.29) is 17.1 Å². The highest BCUT2D eigenvalue weighted by Crippen LogP contribution is 2.30. The van der Waals surface area contributed by atoms with Crippen molar-refractivity contribution in [1.82, 2.24) is 0 Å². The van der Waals surface area contributed by atoms with Gasteiger partial charge >= 0.3 is 4.94 Å². The molecule has 0 saturated carbocycles. The lowest BCUT2D eigenvalue weighted by atomic mass is 10.1. The van der Waals surface area contributed by atoms with Crippen LogP contribution in [0.4, 0.5) is 0 Å². The third-order valence-corrected chi connectivity index (χ3v) is 3.81. The van der Waals surface area contributed by atoms with Crippen LogP contribution < -0.4 is 4.94 Å². The molecule has 0 spiro atoms. The Morgan fingerprint density at radius 1 is 1.14 bits per heavy atom. The summed E-state index contributed by atoms with van der Waals surface area (Å²) in [6, 6.07) is 12.2. The molecule has 104 valence electrons. The maximum atomic E-state index is 12.3. The average molecular weight is 298 g/mol. The normalized spacial score (nSPS) is 11.2. The minimum atomic E-state index is -0.503. The number of carbonyl (C=O) groups is 1. The minimum absolute atomic E-state index is 0.0931. The van der Waals surface area contributed by atoms with Gasteiger partial charge in [0.25, 0.3) is 0 Å². The van der Waals surface area contributed by atoms with Crippen LogP contribution >= 0.6 is 11.3 Å². The number of rotatable bonds is 3. The lowest BCUT2D eigenvalue weighted by molar-refractivity contribution is 0.104. The average Bonchev–Trinajstić information content (AvgIpc) is 2.86. The fourth-order valence-electron chi connectivity index (χ4n) is 1.99. The van der Waals surface area contributed by atoms with Crippen LogP contribution in [-0.4, -0.2) is 10.9 Å². The van der Waals surface area contributed by atoms with Crippen molar-refractivity contribution in [2.75, 3.05) is 0 Å². The van der Waals surface area contributed by atoms with Crippen LogP contribution in [0.1, 0.15) is 15.9 Å². The van der Waals surface area contributed by atoms with Crippen LogP contribution in [0.3, 0.4) is 0 Å². The van der Waals surface area contributed by atoms with E-state index >= 15 is 0 Å². The monoisotopic (exact) mass is 298 g/mol. The molecule has 3 rings (SSSR count). The largest absolute Gasteiger partial charge is 0.507 e. The molecular weight excluding hydrogens is 288 g/mol. The summed E-state index contributed by atoms with van der Waals surface area (Å²) in [5.74, 6) is -0.540. The number of fused-ring (bicyclic) bond motifs is 1. The number of aromatic hydroxyl groups is 1. The predicted octanol–water partition coefficient (Wildman–Crippen LogP) is 3.46. The molecule has 3 aromatic rings. The van der Waals surface area contributed by atoms with Gasteiger partial charge in [0.15, 0.2) is 11.4 Å². The van der Waals surface area contributed by atoms with E-state index in [9.17, 15) is 14.7 Å². The maximum absolute atomic E-state index is 12.3. The highest BCUT2D eigenvalue weighted by molar-refractivity contribution is 7.16. The zero-order valence-electron chi connectivity index (χ0n) is 10.8. The zero-order chi connectivity index (χ0) is 14.8. The number of phenols is 1. The van der Waals surface area contributed by atoms with Crippen LogP contribution in [0.2, 0.25) is 0 Å². The van der Waals surface area contributed by atoms with E-state index in [0.29, 0.717) is 10.3 Å². The van der Waals surface area contributed by atoms with Crippen molar-refractivity contribution in [3.63, 3.8) is 0 Å². The summed E-state index contributed by atoms with van der Waals surface area (Å²) in [7, 11) is 0. The number of hydrogen-bond acceptors (Lipinski definition) is 5. The smallest absolute Gasteiger partial charge is 0.396 e. The molecule has 1 N–H and O–H groups in total.